The highest BCUT2D eigenvalue weighted by Crippen LogP contribution is 2.40. The van der Waals surface area contributed by atoms with Gasteiger partial charge in [0.15, 0.2) is 16.6 Å². The fourth-order valence-electron chi connectivity index (χ4n) is 6.07. The van der Waals surface area contributed by atoms with E-state index in [9.17, 15) is 0 Å². The van der Waals surface area contributed by atoms with Crippen LogP contribution in [0.3, 0.4) is 0 Å². The van der Waals surface area contributed by atoms with Gasteiger partial charge in [-0.3, -0.25) is 0 Å². The molecule has 2 aromatic rings. The van der Waals surface area contributed by atoms with Gasteiger partial charge in [0, 0.05) is 0 Å². The van der Waals surface area contributed by atoms with E-state index in [1.165, 1.54) is 12.0 Å². The predicted octanol–water partition coefficient (Wildman–Crippen LogP) is 11.9. The van der Waals surface area contributed by atoms with Gasteiger partial charge < -0.3 is 23.1 Å². The zero-order chi connectivity index (χ0) is 37.0. The molecule has 7 heteroatoms. The van der Waals surface area contributed by atoms with Gasteiger partial charge in [0.25, 0.3) is 0 Å². The Hall–Kier alpha value is -1.49. The van der Waals surface area contributed by atoms with Crippen molar-refractivity contribution in [3.63, 3.8) is 0 Å². The Kier molecular flexibility index (Phi) is 17.3. The first-order valence-corrected chi connectivity index (χ1v) is 24.6. The van der Waals surface area contributed by atoms with Crippen molar-refractivity contribution in [2.45, 2.75) is 150 Å². The number of ether oxygens (including phenoxy) is 3. The molecule has 5 nitrogen and oxygen atoms in total. The van der Waals surface area contributed by atoms with Gasteiger partial charge in [-0.25, -0.2) is 0 Å². The van der Waals surface area contributed by atoms with Crippen LogP contribution in [-0.4, -0.2) is 49.2 Å². The van der Waals surface area contributed by atoms with E-state index < -0.39 is 16.6 Å². The predicted molar refractivity (Wildman–Crippen MR) is 213 cm³/mol. The highest BCUT2D eigenvalue weighted by atomic mass is 28.4. The molecule has 0 fully saturated rings. The lowest BCUT2D eigenvalue weighted by molar-refractivity contribution is 0.000331. The van der Waals surface area contributed by atoms with Gasteiger partial charge in [0.1, 0.15) is 5.75 Å². The molecule has 0 aliphatic carbocycles. The van der Waals surface area contributed by atoms with Crippen molar-refractivity contribution in [2.75, 3.05) is 20.3 Å². The van der Waals surface area contributed by atoms with Gasteiger partial charge in [-0.15, -0.1) is 0 Å². The van der Waals surface area contributed by atoms with Crippen molar-refractivity contribution in [1.29, 1.82) is 0 Å². The smallest absolute Gasteiger partial charge is 0.192 e. The summed E-state index contributed by atoms with van der Waals surface area (Å²) in [5.41, 5.74) is 2.36. The number of hydrogen-bond donors (Lipinski definition) is 0. The Morgan fingerprint density at radius 2 is 0.939 bits per heavy atom. The molecule has 0 aliphatic rings. The zero-order valence-electron chi connectivity index (χ0n) is 34.2. The van der Waals surface area contributed by atoms with Crippen molar-refractivity contribution in [3.8, 4) is 5.75 Å². The van der Waals surface area contributed by atoms with E-state index in [1.54, 1.807) is 7.11 Å². The van der Waals surface area contributed by atoms with Crippen molar-refractivity contribution >= 4 is 16.6 Å². The minimum Gasteiger partial charge on any atom is -0.497 e. The number of rotatable bonds is 21. The minimum atomic E-state index is -1.98. The van der Waals surface area contributed by atoms with E-state index in [1.807, 2.05) is 12.1 Å². The van der Waals surface area contributed by atoms with Crippen LogP contribution >= 0.6 is 0 Å². The third kappa shape index (κ3) is 15.0. The first-order chi connectivity index (χ1) is 22.6. The summed E-state index contributed by atoms with van der Waals surface area (Å²) in [5, 5.41) is 0.299. The van der Waals surface area contributed by atoms with Gasteiger partial charge in [0.05, 0.1) is 45.7 Å². The van der Waals surface area contributed by atoms with Gasteiger partial charge >= 0.3 is 0 Å². The largest absolute Gasteiger partial charge is 0.497 e. The summed E-state index contributed by atoms with van der Waals surface area (Å²) in [6.07, 6.45) is 3.59. The zero-order valence-corrected chi connectivity index (χ0v) is 36.2. The molecule has 0 heterocycles. The molecular weight excluding hydrogens is 641 g/mol. The van der Waals surface area contributed by atoms with Gasteiger partial charge in [-0.1, -0.05) is 112 Å². The summed E-state index contributed by atoms with van der Waals surface area (Å²) >= 11 is 0. The third-order valence-electron chi connectivity index (χ3n) is 11.2. The van der Waals surface area contributed by atoms with Crippen LogP contribution in [0, 0.1) is 23.7 Å². The van der Waals surface area contributed by atoms with Crippen molar-refractivity contribution in [2.24, 2.45) is 23.7 Å². The Labute approximate surface area is 304 Å². The molecule has 0 spiro atoms. The first-order valence-electron chi connectivity index (χ1n) is 18.8. The molecular formula is C42H74O5Si2. The third-order valence-corrected chi connectivity index (χ3v) is 20.2. The first kappa shape index (κ1) is 43.7. The molecule has 2 aromatic carbocycles. The summed E-state index contributed by atoms with van der Waals surface area (Å²) in [6, 6.07) is 18.6. The molecule has 0 N–H and O–H groups in total. The molecule has 0 aliphatic heterocycles. The van der Waals surface area contributed by atoms with E-state index >= 15 is 0 Å². The maximum Gasteiger partial charge on any atom is 0.192 e. The molecule has 0 bridgehead atoms. The van der Waals surface area contributed by atoms with Crippen LogP contribution < -0.4 is 4.74 Å². The van der Waals surface area contributed by atoms with E-state index in [4.69, 9.17) is 23.1 Å². The second-order valence-corrected chi connectivity index (χ2v) is 27.6. The van der Waals surface area contributed by atoms with E-state index in [-0.39, 0.29) is 22.3 Å². The molecule has 49 heavy (non-hydrogen) atoms. The van der Waals surface area contributed by atoms with Crippen LogP contribution in [0.2, 0.25) is 36.3 Å². The maximum atomic E-state index is 7.05. The lowest BCUT2D eigenvalue weighted by Crippen LogP contribution is -2.47. The fourth-order valence-corrected chi connectivity index (χ4v) is 8.89. The van der Waals surface area contributed by atoms with Crippen LogP contribution in [-0.2, 0) is 31.5 Å². The summed E-state index contributed by atoms with van der Waals surface area (Å²) in [5.74, 6) is 2.83. The topological polar surface area (TPSA) is 46.2 Å². The molecule has 0 radical (unpaired) electrons. The molecule has 6 atom stereocenters. The van der Waals surface area contributed by atoms with Gasteiger partial charge in [-0.2, -0.15) is 0 Å². The van der Waals surface area contributed by atoms with Gasteiger partial charge in [-0.05, 0) is 102 Å². The van der Waals surface area contributed by atoms with Crippen LogP contribution in [0.4, 0.5) is 0 Å². The monoisotopic (exact) mass is 715 g/mol. The summed E-state index contributed by atoms with van der Waals surface area (Å²) < 4.78 is 32.1. The number of methoxy groups -OCH3 is 1. The maximum absolute atomic E-state index is 7.05. The highest BCUT2D eigenvalue weighted by molar-refractivity contribution is 6.74. The molecule has 0 unspecified atom stereocenters. The molecule has 0 aromatic heterocycles. The van der Waals surface area contributed by atoms with Crippen LogP contribution in [0.5, 0.6) is 5.75 Å². The Morgan fingerprint density at radius 3 is 1.31 bits per heavy atom. The highest BCUT2D eigenvalue weighted by Gasteiger charge is 2.41. The normalized spacial score (nSPS) is 16.9. The Morgan fingerprint density at radius 1 is 0.551 bits per heavy atom. The lowest BCUT2D eigenvalue weighted by Gasteiger charge is -2.41. The fraction of sp³-hybridized carbons (Fsp3) is 0.714. The van der Waals surface area contributed by atoms with Crippen LogP contribution in [0.1, 0.15) is 99.6 Å². The SMILES string of the molecule is COc1ccc(COC[C@H](O[Si](C)(C)C(C)(C)C)[C@@H](C)C[C@@H](C)C[C@@H](C)C[C@H](C)[C@H](COCc2ccccc2)O[Si](C)(C)C(C)(C)C)cc1. The quantitative estimate of drug-likeness (QED) is 0.120. The second-order valence-electron chi connectivity index (χ2n) is 18.1. The van der Waals surface area contributed by atoms with Crippen LogP contribution in [0.25, 0.3) is 0 Å². The van der Waals surface area contributed by atoms with Crippen LogP contribution in [0.15, 0.2) is 54.6 Å². The second kappa shape index (κ2) is 19.4. The molecule has 0 saturated carbocycles. The van der Waals surface area contributed by atoms with Gasteiger partial charge in [0.2, 0.25) is 0 Å². The number of hydrogen-bond acceptors (Lipinski definition) is 5. The van der Waals surface area contributed by atoms with E-state index in [2.05, 4.69) is 138 Å². The Balaban J connectivity index is 2.04. The lowest BCUT2D eigenvalue weighted by atomic mass is 9.83. The van der Waals surface area contributed by atoms with E-state index in [0.717, 1.165) is 24.2 Å². The summed E-state index contributed by atoms with van der Waals surface area (Å²) in [4.78, 5) is 0. The van der Waals surface area contributed by atoms with Crippen molar-refractivity contribution in [3.05, 3.63) is 65.7 Å². The standard InChI is InChI=1S/C42H74O5Si2/c1-32(26-34(3)39(46-48(12,13)41(5,6)7)30-44-28-36-19-17-16-18-20-36)25-33(2)27-35(4)40(47-49(14,15)42(8,9)10)31-45-29-37-21-23-38(43-11)24-22-37/h16-24,32-35,39-40H,25-31H2,1-15H3/t32-,33+,34+,35+,39+,40+/m1/s1. The Bertz CT molecular complexity index is 1190. The molecule has 0 amide bonds. The summed E-state index contributed by atoms with van der Waals surface area (Å²) in [7, 11) is -2.23. The minimum absolute atomic E-state index is 0.0694. The van der Waals surface area contributed by atoms with E-state index in [0.29, 0.717) is 50.1 Å². The molecule has 280 valence electrons. The average molecular weight is 715 g/mol. The van der Waals surface area contributed by atoms with Crippen molar-refractivity contribution < 1.29 is 23.1 Å². The average Bonchev–Trinajstić information content (AvgIpc) is 2.99. The number of benzene rings is 2. The summed E-state index contributed by atoms with van der Waals surface area (Å²) in [6.45, 7) is 35.4. The van der Waals surface area contributed by atoms with Crippen molar-refractivity contribution in [1.82, 2.24) is 0 Å². The molecule has 0 saturated heterocycles. The molecule has 2 rings (SSSR count).